The maximum absolute atomic E-state index is 12.6. The number of rotatable bonds is 4. The molecule has 2 aliphatic rings. The van der Waals surface area contributed by atoms with Crippen molar-refractivity contribution in [2.45, 2.75) is 5.75 Å². The molecule has 7 heteroatoms. The summed E-state index contributed by atoms with van der Waals surface area (Å²) in [6, 6.07) is 12.6. The molecule has 2 heterocycles. The van der Waals surface area contributed by atoms with Crippen molar-refractivity contribution in [2.75, 3.05) is 19.1 Å². The number of benzene rings is 2. The molecule has 2 aromatic rings. The van der Waals surface area contributed by atoms with Crippen molar-refractivity contribution in [3.63, 3.8) is 0 Å². The van der Waals surface area contributed by atoms with E-state index >= 15 is 0 Å². The van der Waals surface area contributed by atoms with Gasteiger partial charge in [-0.15, -0.1) is 0 Å². The number of nitrogens with zero attached hydrogens (tertiary/aromatic N) is 1. The average molecular weight is 373 g/mol. The summed E-state index contributed by atoms with van der Waals surface area (Å²) in [7, 11) is 0. The summed E-state index contributed by atoms with van der Waals surface area (Å²) in [6.45, 7) is 1.06. The van der Waals surface area contributed by atoms with E-state index in [9.17, 15) is 4.79 Å². The van der Waals surface area contributed by atoms with Gasteiger partial charge in [0.2, 0.25) is 6.79 Å². The Morgan fingerprint density at radius 1 is 1.20 bits per heavy atom. The van der Waals surface area contributed by atoms with Crippen LogP contribution in [0, 0.1) is 0 Å². The lowest BCUT2D eigenvalue weighted by atomic mass is 10.1. The molecule has 25 heavy (non-hydrogen) atoms. The molecule has 0 aliphatic carbocycles. The van der Waals surface area contributed by atoms with Crippen LogP contribution in [0.5, 0.6) is 17.2 Å². The predicted octanol–water partition coefficient (Wildman–Crippen LogP) is 3.97. The third kappa shape index (κ3) is 3.77. The molecule has 2 aromatic carbocycles. The average Bonchev–Trinajstić information content (AvgIpc) is 3.31. The molecule has 0 N–H and O–H groups in total. The second-order valence-corrected chi connectivity index (χ2v) is 7.65. The highest BCUT2D eigenvalue weighted by Gasteiger charge is 2.18. The summed E-state index contributed by atoms with van der Waals surface area (Å²) in [6.07, 6.45) is 0. The van der Waals surface area contributed by atoms with Crippen LogP contribution in [0.25, 0.3) is 0 Å². The predicted molar refractivity (Wildman–Crippen MR) is 100 cm³/mol. The first-order valence-corrected chi connectivity index (χ1v) is 9.76. The Labute approximate surface area is 153 Å². The van der Waals surface area contributed by atoms with Gasteiger partial charge in [0.15, 0.2) is 11.5 Å². The van der Waals surface area contributed by atoms with E-state index in [1.165, 1.54) is 0 Å². The Balaban J connectivity index is 1.48. The highest BCUT2D eigenvalue weighted by atomic mass is 32.2. The number of esters is 1. The largest absolute Gasteiger partial charge is 0.454 e. The minimum atomic E-state index is -0.379. The number of carbonyl (C=O) groups excluding carboxylic acids is 1. The van der Waals surface area contributed by atoms with Gasteiger partial charge in [0.05, 0.1) is 12.1 Å². The second-order valence-electron chi connectivity index (χ2n) is 5.35. The summed E-state index contributed by atoms with van der Waals surface area (Å²) in [5.74, 6) is 3.04. The van der Waals surface area contributed by atoms with Gasteiger partial charge in [-0.25, -0.2) is 4.79 Å². The second kappa shape index (κ2) is 7.41. The molecule has 128 valence electrons. The monoisotopic (exact) mass is 373 g/mol. The summed E-state index contributed by atoms with van der Waals surface area (Å²) in [5, 5.41) is 0. The number of carbonyl (C=O) groups is 1. The maximum Gasteiger partial charge on any atom is 0.343 e. The van der Waals surface area contributed by atoms with Gasteiger partial charge < -0.3 is 14.2 Å². The van der Waals surface area contributed by atoms with E-state index in [1.807, 2.05) is 18.2 Å². The fourth-order valence-electron chi connectivity index (χ4n) is 2.49. The standard InChI is InChI=1S/C18H15NO4S2/c20-17(23-13-5-6-15-16(9-13)22-11-21-15)14-4-2-1-3-12(14)10-25-18-19-7-8-24-18/h1-6,9H,7-8,10-11H2. The number of ether oxygens (including phenoxy) is 3. The highest BCUT2D eigenvalue weighted by molar-refractivity contribution is 8.38. The summed E-state index contributed by atoms with van der Waals surface area (Å²) >= 11 is 3.42. The lowest BCUT2D eigenvalue weighted by Gasteiger charge is -2.09. The van der Waals surface area contributed by atoms with E-state index in [2.05, 4.69) is 4.99 Å². The van der Waals surface area contributed by atoms with Crippen LogP contribution in [-0.4, -0.2) is 29.4 Å². The van der Waals surface area contributed by atoms with Crippen LogP contribution in [0.3, 0.4) is 0 Å². The maximum atomic E-state index is 12.6. The molecule has 0 saturated heterocycles. The number of fused-ring (bicyclic) bond motifs is 1. The first-order chi connectivity index (χ1) is 12.3. The molecule has 0 atom stereocenters. The van der Waals surface area contributed by atoms with Gasteiger partial charge in [0.1, 0.15) is 10.1 Å². The molecular weight excluding hydrogens is 358 g/mol. The molecule has 5 nitrogen and oxygen atoms in total. The van der Waals surface area contributed by atoms with E-state index in [-0.39, 0.29) is 12.8 Å². The van der Waals surface area contributed by atoms with E-state index in [1.54, 1.807) is 47.8 Å². The summed E-state index contributed by atoms with van der Waals surface area (Å²) in [4.78, 5) is 17.0. The van der Waals surface area contributed by atoms with Crippen LogP contribution < -0.4 is 14.2 Å². The van der Waals surface area contributed by atoms with Gasteiger partial charge in [-0.2, -0.15) is 0 Å². The van der Waals surface area contributed by atoms with Gasteiger partial charge in [-0.05, 0) is 23.8 Å². The van der Waals surface area contributed by atoms with Crippen LogP contribution in [0.2, 0.25) is 0 Å². The zero-order valence-electron chi connectivity index (χ0n) is 13.3. The Kier molecular flexibility index (Phi) is 4.85. The number of hydrogen-bond acceptors (Lipinski definition) is 7. The van der Waals surface area contributed by atoms with Crippen LogP contribution in [0.4, 0.5) is 0 Å². The molecule has 4 rings (SSSR count). The molecule has 0 spiro atoms. The zero-order valence-corrected chi connectivity index (χ0v) is 14.9. The van der Waals surface area contributed by atoms with Crippen LogP contribution in [0.15, 0.2) is 47.5 Å². The van der Waals surface area contributed by atoms with Gasteiger partial charge >= 0.3 is 5.97 Å². The summed E-state index contributed by atoms with van der Waals surface area (Å²) in [5.41, 5.74) is 1.50. The zero-order chi connectivity index (χ0) is 17.1. The van der Waals surface area contributed by atoms with Crippen LogP contribution in [0.1, 0.15) is 15.9 Å². The van der Waals surface area contributed by atoms with E-state index in [0.717, 1.165) is 22.2 Å². The molecule has 0 bridgehead atoms. The topological polar surface area (TPSA) is 57.1 Å². The molecular formula is C18H15NO4S2. The van der Waals surface area contributed by atoms with Crippen molar-refractivity contribution >= 4 is 33.9 Å². The van der Waals surface area contributed by atoms with Gasteiger partial charge in [0, 0.05) is 17.6 Å². The van der Waals surface area contributed by atoms with Crippen LogP contribution in [-0.2, 0) is 5.75 Å². The van der Waals surface area contributed by atoms with Crippen molar-refractivity contribution in [1.82, 2.24) is 0 Å². The third-order valence-corrected chi connectivity index (χ3v) is 6.00. The Morgan fingerprint density at radius 3 is 2.96 bits per heavy atom. The SMILES string of the molecule is O=C(Oc1ccc2c(c1)OCO2)c1ccccc1CSC1=NCCS1. The van der Waals surface area contributed by atoms with E-state index < -0.39 is 0 Å². The van der Waals surface area contributed by atoms with Crippen molar-refractivity contribution in [1.29, 1.82) is 0 Å². The highest BCUT2D eigenvalue weighted by Crippen LogP contribution is 2.35. The Hall–Kier alpha value is -2.12. The quantitative estimate of drug-likeness (QED) is 0.597. The summed E-state index contributed by atoms with van der Waals surface area (Å²) < 4.78 is 17.2. The smallest absolute Gasteiger partial charge is 0.343 e. The van der Waals surface area contributed by atoms with Crippen LogP contribution >= 0.6 is 23.5 Å². The minimum Gasteiger partial charge on any atom is -0.454 e. The first-order valence-electron chi connectivity index (χ1n) is 7.79. The third-order valence-electron chi connectivity index (χ3n) is 3.70. The van der Waals surface area contributed by atoms with Crippen molar-refractivity contribution in [2.24, 2.45) is 4.99 Å². The lowest BCUT2D eigenvalue weighted by molar-refractivity contribution is 0.0733. The Morgan fingerprint density at radius 2 is 2.08 bits per heavy atom. The van der Waals surface area contributed by atoms with Gasteiger partial charge in [0.25, 0.3) is 0 Å². The number of aliphatic imine (C=N–C) groups is 1. The fourth-order valence-corrected chi connectivity index (χ4v) is 4.50. The first kappa shape index (κ1) is 16.4. The molecule has 0 unspecified atom stereocenters. The fraction of sp³-hybridized carbons (Fsp3) is 0.222. The van der Waals surface area contributed by atoms with Gasteiger partial charge in [-0.1, -0.05) is 41.7 Å². The molecule has 0 saturated carbocycles. The van der Waals surface area contributed by atoms with Crippen molar-refractivity contribution in [3.05, 3.63) is 53.6 Å². The van der Waals surface area contributed by atoms with Gasteiger partial charge in [-0.3, -0.25) is 4.99 Å². The van der Waals surface area contributed by atoms with Crippen molar-refractivity contribution in [3.8, 4) is 17.2 Å². The molecule has 2 aliphatic heterocycles. The molecule has 0 amide bonds. The minimum absolute atomic E-state index is 0.189. The van der Waals surface area contributed by atoms with Crippen molar-refractivity contribution < 1.29 is 19.0 Å². The number of hydrogen-bond donors (Lipinski definition) is 0. The normalized spacial score (nSPS) is 15.1. The molecule has 0 aromatic heterocycles. The van der Waals surface area contributed by atoms with E-state index in [0.29, 0.717) is 28.6 Å². The molecule has 0 radical (unpaired) electrons. The Bertz CT molecular complexity index is 838. The van der Waals surface area contributed by atoms with E-state index in [4.69, 9.17) is 14.2 Å². The molecule has 0 fully saturated rings. The lowest BCUT2D eigenvalue weighted by Crippen LogP contribution is -2.11. The number of thioether (sulfide) groups is 2.